The second kappa shape index (κ2) is 8.31. The van der Waals surface area contributed by atoms with Gasteiger partial charge in [-0.3, -0.25) is 9.59 Å². The largest absolute Gasteiger partial charge is 0.493 e. The van der Waals surface area contributed by atoms with E-state index in [2.05, 4.69) is 24.1 Å². The van der Waals surface area contributed by atoms with Gasteiger partial charge in [-0.05, 0) is 29.5 Å². The molecular weight excluding hydrogens is 426 g/mol. The number of benzene rings is 1. The van der Waals surface area contributed by atoms with Crippen molar-refractivity contribution in [3.05, 3.63) is 50.9 Å². The fraction of sp³-hybridized carbons (Fsp3) is 0.458. The molecular formula is C24H29N3O4S. The summed E-state index contributed by atoms with van der Waals surface area (Å²) >= 11 is 1.50. The summed E-state index contributed by atoms with van der Waals surface area (Å²) in [6.07, 6.45) is 1.14. The van der Waals surface area contributed by atoms with E-state index in [0.717, 1.165) is 11.3 Å². The molecule has 8 heteroatoms. The quantitative estimate of drug-likeness (QED) is 0.507. The highest BCUT2D eigenvalue weighted by Gasteiger charge is 2.42. The Labute approximate surface area is 192 Å². The molecule has 2 aliphatic rings. The van der Waals surface area contributed by atoms with Gasteiger partial charge in [0.15, 0.2) is 22.4 Å². The maximum Gasteiger partial charge on any atom is 0.257 e. The Bertz CT molecular complexity index is 1170. The van der Waals surface area contributed by atoms with E-state index in [0.29, 0.717) is 46.5 Å². The molecule has 0 spiro atoms. The summed E-state index contributed by atoms with van der Waals surface area (Å²) in [6, 6.07) is 5.53. The first-order chi connectivity index (χ1) is 15.1. The molecule has 0 amide bonds. The number of nitrogens with one attached hydrogen (secondary N) is 2. The van der Waals surface area contributed by atoms with E-state index in [9.17, 15) is 9.59 Å². The molecule has 7 nitrogen and oxygen atoms in total. The average Bonchev–Trinajstić information content (AvgIpc) is 2.70. The minimum Gasteiger partial charge on any atom is -0.493 e. The van der Waals surface area contributed by atoms with Gasteiger partial charge in [0, 0.05) is 28.9 Å². The van der Waals surface area contributed by atoms with Crippen molar-refractivity contribution in [1.82, 2.24) is 9.97 Å². The van der Waals surface area contributed by atoms with E-state index in [-0.39, 0.29) is 22.0 Å². The minimum absolute atomic E-state index is 0.0502. The van der Waals surface area contributed by atoms with Crippen molar-refractivity contribution < 1.29 is 14.3 Å². The summed E-state index contributed by atoms with van der Waals surface area (Å²) < 4.78 is 10.9. The minimum atomic E-state index is -0.529. The van der Waals surface area contributed by atoms with Crippen molar-refractivity contribution in [1.29, 1.82) is 0 Å². The molecule has 2 N–H and O–H groups in total. The molecule has 0 bridgehead atoms. The number of aromatic amines is 1. The van der Waals surface area contributed by atoms with Crippen molar-refractivity contribution in [2.75, 3.05) is 19.5 Å². The first-order valence-corrected chi connectivity index (χ1v) is 11.6. The van der Waals surface area contributed by atoms with Gasteiger partial charge >= 0.3 is 0 Å². The molecule has 4 rings (SSSR count). The Morgan fingerprint density at radius 1 is 1.12 bits per heavy atom. The number of aromatic nitrogens is 2. The number of hydrogen-bond acceptors (Lipinski definition) is 7. The molecule has 1 aromatic heterocycles. The topological polar surface area (TPSA) is 93.3 Å². The van der Waals surface area contributed by atoms with Crippen molar-refractivity contribution in [2.45, 2.75) is 56.9 Å². The molecule has 2 heterocycles. The maximum absolute atomic E-state index is 13.3. The number of carbonyl (C=O) groups excluding carboxylic acids is 1. The average molecular weight is 456 g/mol. The van der Waals surface area contributed by atoms with Gasteiger partial charge in [-0.1, -0.05) is 45.5 Å². The number of carbonyl (C=O) groups is 1. The lowest BCUT2D eigenvalue weighted by Crippen LogP contribution is -2.37. The second-order valence-corrected chi connectivity index (χ2v) is 10.9. The number of nitrogens with zero attached hydrogens (tertiary/aromatic N) is 1. The van der Waals surface area contributed by atoms with Crippen molar-refractivity contribution >= 4 is 23.4 Å². The summed E-state index contributed by atoms with van der Waals surface area (Å²) in [5.41, 5.74) is 2.33. The summed E-state index contributed by atoms with van der Waals surface area (Å²) in [4.78, 5) is 34.3. The number of ketones is 1. The van der Waals surface area contributed by atoms with Crippen LogP contribution in [0.25, 0.3) is 0 Å². The fourth-order valence-corrected chi connectivity index (χ4v) is 5.28. The van der Waals surface area contributed by atoms with Crippen LogP contribution in [0.3, 0.4) is 0 Å². The van der Waals surface area contributed by atoms with Crippen LogP contribution in [0.5, 0.6) is 11.5 Å². The first-order valence-electron chi connectivity index (χ1n) is 10.7. The molecule has 1 atom stereocenters. The monoisotopic (exact) mass is 455 g/mol. The fourth-order valence-electron chi connectivity index (χ4n) is 4.54. The van der Waals surface area contributed by atoms with E-state index < -0.39 is 5.92 Å². The van der Waals surface area contributed by atoms with E-state index in [1.165, 1.54) is 11.8 Å². The van der Waals surface area contributed by atoms with Crippen molar-refractivity contribution in [3.8, 4) is 11.5 Å². The number of H-pyrrole nitrogens is 1. The first kappa shape index (κ1) is 22.5. The van der Waals surface area contributed by atoms with Crippen LogP contribution in [0, 0.1) is 5.41 Å². The smallest absolute Gasteiger partial charge is 0.257 e. The third-order valence-electron chi connectivity index (χ3n) is 5.79. The summed E-state index contributed by atoms with van der Waals surface area (Å²) in [5, 5.41) is 4.18. The van der Waals surface area contributed by atoms with E-state index in [1.807, 2.05) is 26.0 Å². The SMILES string of the molecule is COc1ccc(C2C3=C(CC(C)(C)CC3=O)Nc3nc(SC(C)C)[nH]c(=O)c32)cc1OC. The molecule has 0 saturated heterocycles. The predicted octanol–water partition coefficient (Wildman–Crippen LogP) is 4.49. The zero-order chi connectivity index (χ0) is 23.2. The number of allylic oxidation sites excluding steroid dienone is 2. The number of fused-ring (bicyclic) bond motifs is 1. The molecule has 0 fully saturated rings. The Hall–Kier alpha value is -2.74. The third kappa shape index (κ3) is 4.03. The lowest BCUT2D eigenvalue weighted by molar-refractivity contribution is -0.118. The Morgan fingerprint density at radius 3 is 2.50 bits per heavy atom. The predicted molar refractivity (Wildman–Crippen MR) is 126 cm³/mol. The number of hydrogen-bond donors (Lipinski definition) is 2. The van der Waals surface area contributed by atoms with Crippen LogP contribution in [0.1, 0.15) is 57.6 Å². The number of ether oxygens (including phenoxy) is 2. The maximum atomic E-state index is 13.3. The van der Waals surface area contributed by atoms with Crippen LogP contribution in [-0.4, -0.2) is 35.2 Å². The highest BCUT2D eigenvalue weighted by Crippen LogP contribution is 2.48. The van der Waals surface area contributed by atoms with Gasteiger partial charge in [-0.25, -0.2) is 4.98 Å². The zero-order valence-corrected chi connectivity index (χ0v) is 20.1. The van der Waals surface area contributed by atoms with Crippen LogP contribution in [-0.2, 0) is 4.79 Å². The Morgan fingerprint density at radius 2 is 1.84 bits per heavy atom. The lowest BCUT2D eigenvalue weighted by atomic mass is 9.69. The normalized spacial score (nSPS) is 19.3. The van der Waals surface area contributed by atoms with Crippen LogP contribution in [0.15, 0.2) is 39.4 Å². The molecule has 32 heavy (non-hydrogen) atoms. The van der Waals surface area contributed by atoms with E-state index in [1.54, 1.807) is 20.3 Å². The number of methoxy groups -OCH3 is 2. The highest BCUT2D eigenvalue weighted by molar-refractivity contribution is 7.99. The van der Waals surface area contributed by atoms with Gasteiger partial charge in [0.25, 0.3) is 5.56 Å². The van der Waals surface area contributed by atoms with Crippen molar-refractivity contribution in [2.24, 2.45) is 5.41 Å². The van der Waals surface area contributed by atoms with Gasteiger partial charge in [-0.15, -0.1) is 0 Å². The Kier molecular flexibility index (Phi) is 5.83. The number of thioether (sulfide) groups is 1. The standard InChI is InChI=1S/C24H29N3O4S/c1-12(2)32-23-26-21-20(22(29)27-23)18(13-7-8-16(30-5)17(9-13)31-6)19-14(25-21)10-24(3,4)11-15(19)28/h7-9,12,18H,10-11H2,1-6H3,(H2,25,26,27,29). The third-order valence-corrected chi connectivity index (χ3v) is 6.68. The van der Waals surface area contributed by atoms with Crippen LogP contribution < -0.4 is 20.3 Å². The van der Waals surface area contributed by atoms with Crippen LogP contribution >= 0.6 is 11.8 Å². The van der Waals surface area contributed by atoms with Crippen LogP contribution in [0.2, 0.25) is 0 Å². The summed E-state index contributed by atoms with van der Waals surface area (Å²) in [7, 11) is 3.15. The molecule has 1 aliphatic heterocycles. The van der Waals surface area contributed by atoms with Gasteiger partial charge in [0.2, 0.25) is 0 Å². The molecule has 1 unspecified atom stereocenters. The second-order valence-electron chi connectivity index (χ2n) is 9.31. The number of anilines is 1. The zero-order valence-electron chi connectivity index (χ0n) is 19.3. The lowest BCUT2D eigenvalue weighted by Gasteiger charge is -2.38. The Balaban J connectivity index is 1.95. The van der Waals surface area contributed by atoms with Crippen molar-refractivity contribution in [3.63, 3.8) is 0 Å². The van der Waals surface area contributed by atoms with E-state index >= 15 is 0 Å². The molecule has 170 valence electrons. The van der Waals surface area contributed by atoms with Gasteiger partial charge in [-0.2, -0.15) is 0 Å². The molecule has 0 radical (unpaired) electrons. The van der Waals surface area contributed by atoms with Gasteiger partial charge < -0.3 is 19.8 Å². The molecule has 0 saturated carbocycles. The summed E-state index contributed by atoms with van der Waals surface area (Å²) in [6.45, 7) is 8.27. The molecule has 2 aromatic rings. The molecule has 1 aromatic carbocycles. The highest BCUT2D eigenvalue weighted by atomic mass is 32.2. The van der Waals surface area contributed by atoms with Gasteiger partial charge in [0.05, 0.1) is 19.8 Å². The summed E-state index contributed by atoms with van der Waals surface area (Å²) in [5.74, 6) is 1.17. The number of Topliss-reactive ketones (excluding diaryl/α,β-unsaturated/α-hetero) is 1. The number of rotatable bonds is 5. The van der Waals surface area contributed by atoms with Crippen LogP contribution in [0.4, 0.5) is 5.82 Å². The van der Waals surface area contributed by atoms with Gasteiger partial charge in [0.1, 0.15) is 5.82 Å². The molecule has 1 aliphatic carbocycles. The van der Waals surface area contributed by atoms with E-state index in [4.69, 9.17) is 14.5 Å².